The van der Waals surface area contributed by atoms with E-state index in [2.05, 4.69) is 245 Å². The van der Waals surface area contributed by atoms with Crippen LogP contribution in [0, 0.1) is 62.3 Å². The molecule has 0 saturated carbocycles. The van der Waals surface area contributed by atoms with Crippen molar-refractivity contribution in [2.45, 2.75) is 115 Å². The summed E-state index contributed by atoms with van der Waals surface area (Å²) in [6.07, 6.45) is 1.69. The molecule has 3 aromatic heterocycles. The molecule has 2 atom stereocenters. The van der Waals surface area contributed by atoms with Crippen molar-refractivity contribution >= 4 is 125 Å². The first-order valence-electron chi connectivity index (χ1n) is 46.7. The number of benzene rings is 14. The van der Waals surface area contributed by atoms with Crippen LogP contribution in [0.15, 0.2) is 224 Å². The summed E-state index contributed by atoms with van der Waals surface area (Å²) in [4.78, 5) is 0. The normalized spacial score (nSPS) is 12.9. The van der Waals surface area contributed by atoms with Crippen molar-refractivity contribution < 1.29 is 99.0 Å². The molecule has 14 aromatic carbocycles. The molecule has 17 aromatic rings. The third-order valence-electron chi connectivity index (χ3n) is 26.9. The first-order chi connectivity index (χ1) is 67.5. The number of aromatic hydroxyl groups is 1. The van der Waals surface area contributed by atoms with Crippen LogP contribution in [0.1, 0.15) is 101 Å². The Morgan fingerprint density at radius 2 is 0.577 bits per heavy atom. The molecule has 0 amide bonds. The largest absolute Gasteiger partial charge is 0.502 e. The molecule has 23 heteroatoms. The lowest BCUT2D eigenvalue weighted by Gasteiger charge is -2.25. The van der Waals surface area contributed by atoms with Gasteiger partial charge in [-0.3, -0.25) is 0 Å². The highest BCUT2D eigenvalue weighted by molar-refractivity contribution is 7.59. The molecule has 19 rings (SSSR count). The van der Waals surface area contributed by atoms with Gasteiger partial charge in [0.25, 0.3) is 0 Å². The number of phenolic OH excluding ortho intramolecular Hbond substituents is 1. The number of para-hydroxylation sites is 1. The average Bonchev–Trinajstić information content (AvgIpc) is 0.749. The fourth-order valence-corrected chi connectivity index (χ4v) is 20.9. The van der Waals surface area contributed by atoms with E-state index in [0.29, 0.717) is 5.75 Å². The number of fused-ring (bicyclic) bond motifs is 9. The van der Waals surface area contributed by atoms with Crippen LogP contribution in [-0.4, -0.2) is 144 Å². The first-order valence-corrected chi connectivity index (χ1v) is 46.7. The van der Waals surface area contributed by atoms with Crippen LogP contribution in [0.25, 0.3) is 92.5 Å². The van der Waals surface area contributed by atoms with E-state index in [1.807, 2.05) is 91.9 Å². The maximum absolute atomic E-state index is 11.3. The second-order valence-corrected chi connectivity index (χ2v) is 35.4. The Hall–Kier alpha value is -14.8. The summed E-state index contributed by atoms with van der Waals surface area (Å²) in [5, 5.41) is 26.2. The van der Waals surface area contributed by atoms with Gasteiger partial charge in [-0.05, 0) is 158 Å². The summed E-state index contributed by atoms with van der Waals surface area (Å²) in [5.41, 5.74) is 22.3. The van der Waals surface area contributed by atoms with Crippen LogP contribution >= 0.6 is 27.0 Å². The molecule has 0 fully saturated rings. The zero-order chi connectivity index (χ0) is 100. The van der Waals surface area contributed by atoms with Crippen molar-refractivity contribution in [2.75, 3.05) is 107 Å². The van der Waals surface area contributed by atoms with Crippen LogP contribution < -0.4 is 84.8 Å². The lowest BCUT2D eigenvalue weighted by Crippen LogP contribution is -2.38. The van der Waals surface area contributed by atoms with Crippen molar-refractivity contribution in [3.05, 3.63) is 298 Å². The highest BCUT2D eigenvalue weighted by atomic mass is 32.1. The molecule has 0 spiro atoms. The minimum Gasteiger partial charge on any atom is -0.502 e. The fourth-order valence-electron chi connectivity index (χ4n) is 20.9. The first kappa shape index (κ1) is 105. The maximum Gasteiger partial charge on any atom is 0.248 e. The minimum absolute atomic E-state index is 0. The van der Waals surface area contributed by atoms with E-state index >= 15 is 0 Å². The van der Waals surface area contributed by atoms with E-state index in [-0.39, 0.29) is 44.8 Å². The Morgan fingerprint density at radius 1 is 0.246 bits per heavy atom. The Morgan fingerprint density at radius 3 is 1.00 bits per heavy atom. The average molecular weight is 1950 g/mol. The van der Waals surface area contributed by atoms with Crippen molar-refractivity contribution in [2.24, 2.45) is 0 Å². The third-order valence-corrected chi connectivity index (χ3v) is 26.9. The van der Waals surface area contributed by atoms with Crippen molar-refractivity contribution in [1.29, 1.82) is 0 Å². The highest BCUT2D eigenvalue weighted by Crippen LogP contribution is 2.48. The predicted octanol–water partition coefficient (Wildman–Crippen LogP) is 24.4. The van der Waals surface area contributed by atoms with Crippen LogP contribution in [0.5, 0.6) is 92.0 Å². The third kappa shape index (κ3) is 19.9. The fraction of sp³-hybridized carbons (Fsp3) is 0.269. The quantitative estimate of drug-likeness (QED) is 0.0712. The lowest BCUT2D eigenvalue weighted by atomic mass is 9.91. The Bertz CT molecular complexity index is 7750. The molecular weight excluding hydrogens is 1820 g/mol. The van der Waals surface area contributed by atoms with E-state index in [0.717, 1.165) is 243 Å². The summed E-state index contributed by atoms with van der Waals surface area (Å²) in [7, 11) is 25.3. The molecule has 736 valence electrons. The zero-order valence-electron chi connectivity index (χ0n) is 86.7. The predicted molar refractivity (Wildman–Crippen MR) is 581 cm³/mol. The van der Waals surface area contributed by atoms with Crippen LogP contribution in [0.4, 0.5) is 11.4 Å². The van der Waals surface area contributed by atoms with Crippen molar-refractivity contribution in [1.82, 2.24) is 0 Å². The summed E-state index contributed by atoms with van der Waals surface area (Å²) in [6, 6.07) is 77.0. The van der Waals surface area contributed by atoms with Crippen molar-refractivity contribution in [3.8, 4) is 109 Å². The number of hydrogen-bond donors (Lipinski definition) is 1. The number of aryl methyl sites for hydroxylation is 9. The van der Waals surface area contributed by atoms with Gasteiger partial charge in [-0.25, -0.2) is 0 Å². The van der Waals surface area contributed by atoms with Crippen LogP contribution in [0.3, 0.4) is 0 Å². The summed E-state index contributed by atoms with van der Waals surface area (Å²) in [6.45, 7) is 27.6. The van der Waals surface area contributed by atoms with E-state index in [9.17, 15) is 5.11 Å². The number of pyridine rings is 3. The van der Waals surface area contributed by atoms with Gasteiger partial charge >= 0.3 is 0 Å². The monoisotopic (exact) mass is 1950 g/mol. The topological polar surface area (TPSA) is 176 Å². The summed E-state index contributed by atoms with van der Waals surface area (Å²) < 4.78 is 95.4. The number of phenols is 1. The number of aromatic nitrogens is 3. The number of nitrogens with zero attached hydrogens (tertiary/aromatic N) is 5. The number of hydrogen-bond acceptors (Lipinski definition) is 16. The Kier molecular flexibility index (Phi) is 33.0. The van der Waals surface area contributed by atoms with Gasteiger partial charge in [0.2, 0.25) is 28.4 Å². The second kappa shape index (κ2) is 44.8. The molecule has 1 N–H and O–H groups in total. The molecule has 5 heterocycles. The van der Waals surface area contributed by atoms with Gasteiger partial charge in [0.1, 0.15) is 86.2 Å². The zero-order valence-corrected chi connectivity index (χ0v) is 88.7. The molecule has 2 aliphatic heterocycles. The second-order valence-electron chi connectivity index (χ2n) is 35.4. The van der Waals surface area contributed by atoms with Crippen LogP contribution in [0.2, 0.25) is 0 Å². The van der Waals surface area contributed by atoms with E-state index < -0.39 is 0 Å². The van der Waals surface area contributed by atoms with Gasteiger partial charge in [0.05, 0.1) is 166 Å². The number of rotatable bonds is 20. The molecule has 0 aliphatic carbocycles. The van der Waals surface area contributed by atoms with Crippen LogP contribution in [-0.2, 0) is 12.8 Å². The van der Waals surface area contributed by atoms with Crippen molar-refractivity contribution in [3.63, 3.8) is 0 Å². The SMILES string of the molecule is COc1cc(OC)c2c(C)[n+](-c3ccc(OC)c4c(OC)cc(C)cc34)c(C)cc2c1.COc1cc(OC)c2c(C)[n+](-c3cccc4ccccc34)c(C)cc2c1.COc1cc(OC)c2c(C)[n+](-c3ccccc3)c(C)cc2c1.COc1cc2c(c(OC)c1)C(C)=[N+](c1ccc(OC)c3c(OC)cc(C)cc13)[C@@H](C)C2.COc1cc2c(c(OC)c1)C(C)=[N+](c1ccc3cc(C)cc(OC)c3c1O)[C@@H](C)C2.S.S. The molecule has 2 aliphatic rings. The Labute approximate surface area is 847 Å². The minimum atomic E-state index is 0. The molecule has 21 nitrogen and oxygen atoms in total. The van der Waals surface area contributed by atoms with Gasteiger partial charge in [-0.15, -0.1) is 0 Å². The van der Waals surface area contributed by atoms with Gasteiger partial charge in [-0.2, -0.15) is 49.8 Å². The van der Waals surface area contributed by atoms with E-state index in [1.54, 1.807) is 107 Å². The lowest BCUT2D eigenvalue weighted by molar-refractivity contribution is -0.608. The summed E-state index contributed by atoms with van der Waals surface area (Å²) in [5.74, 6) is 12.1. The van der Waals surface area contributed by atoms with Gasteiger partial charge < -0.3 is 76.2 Å². The van der Waals surface area contributed by atoms with Gasteiger partial charge in [0.15, 0.2) is 63.4 Å². The molecule has 0 saturated heterocycles. The molecule has 142 heavy (non-hydrogen) atoms. The van der Waals surface area contributed by atoms with Gasteiger partial charge in [0, 0.05) is 169 Å². The molecule has 0 bridgehead atoms. The van der Waals surface area contributed by atoms with E-state index in [4.69, 9.17) is 71.1 Å². The molecule has 0 unspecified atom stereocenters. The summed E-state index contributed by atoms with van der Waals surface area (Å²) >= 11 is 0. The standard InChI is InChI=1S/C26H30NO4.C26H28NO4.C25H27NO4.C23H22NO2.C19H20NO2.2H2S/c2*1-15-10-20-21(8-9-22(29-5)26(20)23(11-15)30-6)27-16(2)12-18-13-19(28-4)14-24(31-7)25(18)17(27)3;1-14-9-17-7-8-20(25(27)24(17)21(10-14)29-5)26-15(2)11-18-12-19(28-4)13-22(30-6)23(18)16(26)3;1-15-12-18-13-19(25-3)14-22(26-4)23(18)16(2)24(15)21-11-7-9-17-8-5-6-10-20(17)21;1-13-10-15-11-17(21-3)12-18(22-4)19(15)14(2)20(13)16-8-6-5-7-9-16;;/h8-11,13-14,16H,12H2,1-7H3;8-14H,1-7H3;7-10,12-13,15H,11H2,1-6H3;5-14H,1-4H3;5-12H,1-4H3;2*1H2/q2*+1;;2*+1;;/p+1/t16-;;15-;;;;/m0.0..../s1. The highest BCUT2D eigenvalue weighted by Gasteiger charge is 2.39. The molecular formula is C119H132N5O16S2+5. The van der Waals surface area contributed by atoms with Gasteiger partial charge in [-0.1, -0.05) is 54.6 Å². The molecule has 0 radical (unpaired) electrons. The maximum atomic E-state index is 11.3. The number of methoxy groups -OCH3 is 15. The smallest absolute Gasteiger partial charge is 0.248 e. The van der Waals surface area contributed by atoms with E-state index in [1.165, 1.54) is 39.0 Å². The number of ether oxygens (including phenoxy) is 15. The Balaban J connectivity index is 0.000000149.